The third kappa shape index (κ3) is 4.23. The number of carbonyl (C=O) groups excluding carboxylic acids is 3. The molecule has 0 spiro atoms. The number of nitrogens with one attached hydrogen (secondary N) is 2. The van der Waals surface area contributed by atoms with Gasteiger partial charge in [0.25, 0.3) is 11.7 Å². The molecule has 3 N–H and O–H groups in total. The van der Waals surface area contributed by atoms with Crippen LogP contribution < -0.4 is 15.2 Å². The number of aromatic nitrogens is 3. The van der Waals surface area contributed by atoms with Crippen molar-refractivity contribution in [2.24, 2.45) is 0 Å². The lowest BCUT2D eigenvalue weighted by Gasteiger charge is -2.49. The smallest absolute Gasteiger partial charge is 0.408 e. The topological polar surface area (TPSA) is 146 Å². The number of ether oxygens (including phenoxy) is 1. The van der Waals surface area contributed by atoms with E-state index in [9.17, 15) is 24.3 Å². The fourth-order valence-electron chi connectivity index (χ4n) is 3.77. The van der Waals surface area contributed by atoms with Gasteiger partial charge < -0.3 is 15.2 Å². The first-order valence-corrected chi connectivity index (χ1v) is 11.1. The highest BCUT2D eigenvalue weighted by atomic mass is 32.2. The van der Waals surface area contributed by atoms with E-state index < -0.39 is 35.0 Å². The Labute approximate surface area is 192 Å². The van der Waals surface area contributed by atoms with E-state index in [1.54, 1.807) is 49.9 Å². The van der Waals surface area contributed by atoms with Gasteiger partial charge in [-0.25, -0.2) is 14.2 Å². The molecule has 13 heteroatoms. The van der Waals surface area contributed by atoms with Crippen LogP contribution in [0.4, 0.5) is 10.6 Å². The zero-order valence-corrected chi connectivity index (χ0v) is 19.0. The van der Waals surface area contributed by atoms with Gasteiger partial charge in [0.15, 0.2) is 6.20 Å². The van der Waals surface area contributed by atoms with Gasteiger partial charge in [-0.2, -0.15) is 0 Å². The Kier molecular flexibility index (Phi) is 5.74. The van der Waals surface area contributed by atoms with Gasteiger partial charge >= 0.3 is 17.7 Å². The Morgan fingerprint density at radius 1 is 1.42 bits per heavy atom. The number of aliphatic carboxylic acids is 1. The van der Waals surface area contributed by atoms with Crippen LogP contribution in [0.1, 0.15) is 20.8 Å². The van der Waals surface area contributed by atoms with Crippen LogP contribution in [0, 0.1) is 0 Å². The van der Waals surface area contributed by atoms with Crippen LogP contribution >= 0.6 is 11.8 Å². The molecule has 2 aromatic heterocycles. The molecule has 1 fully saturated rings. The second-order valence-electron chi connectivity index (χ2n) is 8.49. The summed E-state index contributed by atoms with van der Waals surface area (Å²) in [5.41, 5.74) is 0.323. The molecule has 2 atom stereocenters. The maximum atomic E-state index is 12.8. The molecule has 0 saturated carbocycles. The van der Waals surface area contributed by atoms with Crippen LogP contribution in [-0.4, -0.2) is 66.8 Å². The number of carbonyl (C=O) groups is 4. The number of rotatable bonds is 6. The van der Waals surface area contributed by atoms with E-state index >= 15 is 0 Å². The Balaban J connectivity index is 1.60. The van der Waals surface area contributed by atoms with Gasteiger partial charge in [-0.05, 0) is 26.8 Å². The number of β-lactam (4-membered cyclic amide) rings is 1. The summed E-state index contributed by atoms with van der Waals surface area (Å²) < 4.78 is 8.48. The first-order chi connectivity index (χ1) is 15.6. The van der Waals surface area contributed by atoms with E-state index in [-0.39, 0.29) is 12.2 Å². The first kappa shape index (κ1) is 22.6. The number of carboxylic acid groups (broad SMARTS) is 1. The number of carboxylic acids is 1. The van der Waals surface area contributed by atoms with E-state index in [0.29, 0.717) is 29.2 Å². The molecule has 4 heterocycles. The Morgan fingerprint density at radius 3 is 2.85 bits per heavy atom. The van der Waals surface area contributed by atoms with Crippen molar-refractivity contribution >= 4 is 47.6 Å². The molecule has 3 amide bonds. The highest BCUT2D eigenvalue weighted by Crippen LogP contribution is 2.40. The predicted molar refractivity (Wildman–Crippen MR) is 116 cm³/mol. The SMILES string of the molecule is CC(C)(C)OC(=O)N[C@@H]1C(=O)N2C(C(=O)O)=C(C[n+]3cc(NC=O)n4ncccc43)CS[C@H]12. The fourth-order valence-corrected chi connectivity index (χ4v) is 5.10. The number of thioether (sulfide) groups is 1. The number of anilines is 1. The molecule has 33 heavy (non-hydrogen) atoms. The lowest BCUT2D eigenvalue weighted by Crippen LogP contribution is -2.71. The summed E-state index contributed by atoms with van der Waals surface area (Å²) >= 11 is 1.36. The molecular formula is C20H23N6O6S+. The zero-order valence-electron chi connectivity index (χ0n) is 18.1. The summed E-state index contributed by atoms with van der Waals surface area (Å²) in [6.45, 7) is 5.31. The van der Waals surface area contributed by atoms with Crippen molar-refractivity contribution in [3.05, 3.63) is 35.8 Å². The first-order valence-electron chi connectivity index (χ1n) is 10.1. The fraction of sp³-hybridized carbons (Fsp3) is 0.400. The monoisotopic (exact) mass is 475 g/mol. The van der Waals surface area contributed by atoms with Crippen molar-refractivity contribution in [1.29, 1.82) is 0 Å². The number of fused-ring (bicyclic) bond motifs is 2. The molecule has 174 valence electrons. The Hall–Kier alpha value is -3.61. The Morgan fingerprint density at radius 2 is 2.18 bits per heavy atom. The van der Waals surface area contributed by atoms with Crippen LogP contribution in [0.15, 0.2) is 35.8 Å². The second kappa shape index (κ2) is 8.39. The molecule has 0 radical (unpaired) electrons. The molecule has 2 aliphatic rings. The van der Waals surface area contributed by atoms with Crippen molar-refractivity contribution in [2.75, 3.05) is 11.1 Å². The van der Waals surface area contributed by atoms with Gasteiger partial charge in [-0.3, -0.25) is 19.8 Å². The summed E-state index contributed by atoms with van der Waals surface area (Å²) in [5, 5.41) is 18.7. The van der Waals surface area contributed by atoms with Crippen LogP contribution in [-0.2, 0) is 25.7 Å². The van der Waals surface area contributed by atoms with Gasteiger partial charge in [0.2, 0.25) is 6.41 Å². The summed E-state index contributed by atoms with van der Waals surface area (Å²) in [7, 11) is 0. The molecule has 0 aliphatic carbocycles. The van der Waals surface area contributed by atoms with Crippen molar-refractivity contribution in [1.82, 2.24) is 19.8 Å². The summed E-state index contributed by atoms with van der Waals surface area (Å²) in [6.07, 6.45) is 3.00. The maximum Gasteiger partial charge on any atom is 0.408 e. The van der Waals surface area contributed by atoms with E-state index in [4.69, 9.17) is 4.74 Å². The third-order valence-corrected chi connectivity index (χ3v) is 6.36. The molecule has 0 bridgehead atoms. The van der Waals surface area contributed by atoms with Gasteiger partial charge in [0.1, 0.15) is 29.3 Å². The van der Waals surface area contributed by atoms with Gasteiger partial charge in [0.05, 0.1) is 6.20 Å². The van der Waals surface area contributed by atoms with E-state index in [1.165, 1.54) is 21.2 Å². The van der Waals surface area contributed by atoms with Crippen LogP contribution in [0.25, 0.3) is 5.65 Å². The molecule has 12 nitrogen and oxygen atoms in total. The molecule has 1 saturated heterocycles. The molecule has 0 aromatic carbocycles. The van der Waals surface area contributed by atoms with E-state index in [2.05, 4.69) is 15.7 Å². The van der Waals surface area contributed by atoms with Crippen molar-refractivity contribution < 1.29 is 33.6 Å². The van der Waals surface area contributed by atoms with Crippen LogP contribution in [0.3, 0.4) is 0 Å². The molecular weight excluding hydrogens is 452 g/mol. The molecule has 2 aliphatic heterocycles. The minimum absolute atomic E-state index is 0.105. The van der Waals surface area contributed by atoms with Gasteiger partial charge in [0, 0.05) is 17.4 Å². The van der Waals surface area contributed by atoms with Crippen molar-refractivity contribution in [3.8, 4) is 0 Å². The number of alkyl carbamates (subject to hydrolysis) is 1. The summed E-state index contributed by atoms with van der Waals surface area (Å²) in [4.78, 5) is 49.1. The highest BCUT2D eigenvalue weighted by molar-refractivity contribution is 8.00. The second-order valence-corrected chi connectivity index (χ2v) is 9.59. The average Bonchev–Trinajstić information content (AvgIpc) is 3.08. The van der Waals surface area contributed by atoms with Crippen LogP contribution in [0.2, 0.25) is 0 Å². The minimum atomic E-state index is -1.23. The summed E-state index contributed by atoms with van der Waals surface area (Å²) in [5.74, 6) is -0.984. The molecule has 4 rings (SSSR count). The zero-order chi connectivity index (χ0) is 23.9. The summed E-state index contributed by atoms with van der Waals surface area (Å²) in [6, 6.07) is 2.63. The van der Waals surface area contributed by atoms with Gasteiger partial charge in [-0.1, -0.05) is 9.61 Å². The predicted octanol–water partition coefficient (Wildman–Crippen LogP) is 0.337. The molecule has 2 aromatic rings. The Bertz CT molecular complexity index is 1190. The number of nitrogens with zero attached hydrogens (tertiary/aromatic N) is 4. The van der Waals surface area contributed by atoms with E-state index in [1.807, 2.05) is 0 Å². The third-order valence-electron chi connectivity index (χ3n) is 5.02. The van der Waals surface area contributed by atoms with E-state index in [0.717, 1.165) is 0 Å². The lowest BCUT2D eigenvalue weighted by atomic mass is 10.0. The number of hydrogen-bond donors (Lipinski definition) is 3. The average molecular weight is 476 g/mol. The minimum Gasteiger partial charge on any atom is -0.477 e. The quantitative estimate of drug-likeness (QED) is 0.308. The van der Waals surface area contributed by atoms with Gasteiger partial charge in [-0.15, -0.1) is 11.8 Å². The maximum absolute atomic E-state index is 12.8. The number of imidazole rings is 1. The highest BCUT2D eigenvalue weighted by Gasteiger charge is 2.54. The van der Waals surface area contributed by atoms with Crippen molar-refractivity contribution in [2.45, 2.75) is 44.3 Å². The normalized spacial score (nSPS) is 20.2. The largest absolute Gasteiger partial charge is 0.477 e. The lowest BCUT2D eigenvalue weighted by molar-refractivity contribution is -0.662. The number of amides is 3. The standard InChI is InChI=1S/C20H22N6O6S/c1-20(2,3)32-19(31)23-14-16(28)25-15(18(29)30)11(9-33-17(14)25)7-24-8-12(21-10-27)26-13(24)5-4-6-22-26/h4-6,8,10,14,17H,7,9H2,1-3H3,(H2-,21,22,23,27,29,30,31)/p+1/t14-,17-/m1/s1. The van der Waals surface area contributed by atoms with Crippen LogP contribution in [0.5, 0.6) is 0 Å². The number of hydrogen-bond acceptors (Lipinski definition) is 7. The molecule has 0 unspecified atom stereocenters. The van der Waals surface area contributed by atoms with Crippen molar-refractivity contribution in [3.63, 3.8) is 0 Å².